The molecule has 1 aliphatic rings. The molecule has 1 atom stereocenters. The highest BCUT2D eigenvalue weighted by Gasteiger charge is 2.18. The molecule has 13 heavy (non-hydrogen) atoms. The van der Waals surface area contributed by atoms with Crippen molar-refractivity contribution in [3.05, 3.63) is 0 Å². The van der Waals surface area contributed by atoms with E-state index in [1.807, 2.05) is 6.92 Å². The van der Waals surface area contributed by atoms with Crippen molar-refractivity contribution in [3.63, 3.8) is 0 Å². The van der Waals surface area contributed by atoms with Gasteiger partial charge in [-0.25, -0.2) is 0 Å². The van der Waals surface area contributed by atoms with Crippen LogP contribution in [-0.2, 0) is 0 Å². The van der Waals surface area contributed by atoms with E-state index in [4.69, 9.17) is 0 Å². The molecule has 0 saturated carbocycles. The zero-order chi connectivity index (χ0) is 9.52. The van der Waals surface area contributed by atoms with Gasteiger partial charge in [-0.3, -0.25) is 4.90 Å². The fourth-order valence-corrected chi connectivity index (χ4v) is 1.82. The third-order valence-corrected chi connectivity index (χ3v) is 2.65. The molecule has 1 saturated heterocycles. The summed E-state index contributed by atoms with van der Waals surface area (Å²) in [5, 5.41) is 3.44. The van der Waals surface area contributed by atoms with Crippen LogP contribution in [0.15, 0.2) is 0 Å². The summed E-state index contributed by atoms with van der Waals surface area (Å²) in [6.07, 6.45) is 2.63. The molecule has 0 aromatic heterocycles. The van der Waals surface area contributed by atoms with Gasteiger partial charge in [-0.1, -0.05) is 12.8 Å². The third-order valence-electron chi connectivity index (χ3n) is 2.65. The summed E-state index contributed by atoms with van der Waals surface area (Å²) in [5.41, 5.74) is 0. The minimum absolute atomic E-state index is 0.708. The van der Waals surface area contributed by atoms with Crippen LogP contribution in [0.1, 0.15) is 26.7 Å². The molecule has 1 N–H and O–H groups in total. The maximum absolute atomic E-state index is 3.44. The molecule has 1 fully saturated rings. The molecule has 1 heterocycles. The number of likely N-dealkylation sites (N-methyl/N-ethyl adjacent to an activating group) is 1. The molecule has 0 spiro atoms. The Kier molecular flexibility index (Phi) is 4.88. The molecule has 0 radical (unpaired) electrons. The van der Waals surface area contributed by atoms with Gasteiger partial charge in [0.1, 0.15) is 0 Å². The van der Waals surface area contributed by atoms with Crippen LogP contribution < -0.4 is 5.32 Å². The van der Waals surface area contributed by atoms with E-state index in [1.54, 1.807) is 0 Å². The fourth-order valence-electron chi connectivity index (χ4n) is 1.82. The normalized spacial score (nSPS) is 22.5. The average molecular weight is 180 g/mol. The van der Waals surface area contributed by atoms with Gasteiger partial charge in [-0.15, -0.1) is 5.92 Å². The van der Waals surface area contributed by atoms with E-state index >= 15 is 0 Å². The van der Waals surface area contributed by atoms with Crippen molar-refractivity contribution in [2.75, 3.05) is 26.2 Å². The van der Waals surface area contributed by atoms with E-state index in [0.29, 0.717) is 6.04 Å². The Morgan fingerprint density at radius 2 is 2.38 bits per heavy atom. The summed E-state index contributed by atoms with van der Waals surface area (Å²) in [4.78, 5) is 2.46. The molecule has 1 unspecified atom stereocenters. The summed E-state index contributed by atoms with van der Waals surface area (Å²) in [6, 6.07) is 0.708. The van der Waals surface area contributed by atoms with E-state index in [-0.39, 0.29) is 0 Å². The molecular formula is C11H20N2. The van der Waals surface area contributed by atoms with Crippen LogP contribution in [0.5, 0.6) is 0 Å². The molecule has 2 nitrogen and oxygen atoms in total. The first-order valence-electron chi connectivity index (χ1n) is 5.22. The first kappa shape index (κ1) is 10.6. The van der Waals surface area contributed by atoms with E-state index in [0.717, 1.165) is 19.6 Å². The van der Waals surface area contributed by atoms with Gasteiger partial charge in [0.25, 0.3) is 0 Å². The van der Waals surface area contributed by atoms with Gasteiger partial charge in [-0.05, 0) is 32.9 Å². The number of hydrogen-bond donors (Lipinski definition) is 1. The highest BCUT2D eigenvalue weighted by molar-refractivity contribution is 4.99. The van der Waals surface area contributed by atoms with Gasteiger partial charge in [0, 0.05) is 12.6 Å². The second-order valence-electron chi connectivity index (χ2n) is 3.49. The second-order valence-corrected chi connectivity index (χ2v) is 3.49. The quantitative estimate of drug-likeness (QED) is 0.654. The standard InChI is InChI=1S/C11H20N2/c1-3-5-9-13(4-2)11-7-6-8-12-10-11/h11-12H,4,6-10H2,1-2H3. The Hall–Kier alpha value is -0.520. The minimum Gasteiger partial charge on any atom is -0.315 e. The highest BCUT2D eigenvalue weighted by Crippen LogP contribution is 2.09. The number of rotatable bonds is 3. The van der Waals surface area contributed by atoms with Crippen molar-refractivity contribution in [2.24, 2.45) is 0 Å². The summed E-state index contributed by atoms with van der Waals surface area (Å²) < 4.78 is 0. The van der Waals surface area contributed by atoms with Crippen molar-refractivity contribution in [1.29, 1.82) is 0 Å². The maximum Gasteiger partial charge on any atom is 0.0604 e. The summed E-state index contributed by atoms with van der Waals surface area (Å²) in [6.45, 7) is 8.49. The van der Waals surface area contributed by atoms with Crippen LogP contribution in [0.4, 0.5) is 0 Å². The Balaban J connectivity index is 2.37. The van der Waals surface area contributed by atoms with Gasteiger partial charge in [0.15, 0.2) is 0 Å². The lowest BCUT2D eigenvalue weighted by Gasteiger charge is -2.32. The molecule has 74 valence electrons. The lowest BCUT2D eigenvalue weighted by atomic mass is 10.1. The van der Waals surface area contributed by atoms with Crippen LogP contribution in [0.3, 0.4) is 0 Å². The van der Waals surface area contributed by atoms with Crippen molar-refractivity contribution in [2.45, 2.75) is 32.7 Å². The first-order chi connectivity index (χ1) is 6.38. The average Bonchev–Trinajstić information content (AvgIpc) is 2.21. The third kappa shape index (κ3) is 3.38. The van der Waals surface area contributed by atoms with Crippen molar-refractivity contribution < 1.29 is 0 Å². The number of piperidine rings is 1. The number of hydrogen-bond acceptors (Lipinski definition) is 2. The summed E-state index contributed by atoms with van der Waals surface area (Å²) in [5.74, 6) is 6.10. The van der Waals surface area contributed by atoms with Crippen LogP contribution >= 0.6 is 0 Å². The van der Waals surface area contributed by atoms with E-state index in [1.165, 1.54) is 19.4 Å². The molecule has 0 amide bonds. The lowest BCUT2D eigenvalue weighted by molar-refractivity contribution is 0.194. The molecule has 1 rings (SSSR count). The minimum atomic E-state index is 0.708. The molecule has 2 heteroatoms. The predicted molar refractivity (Wildman–Crippen MR) is 56.6 cm³/mol. The highest BCUT2D eigenvalue weighted by atomic mass is 15.2. The van der Waals surface area contributed by atoms with Crippen molar-refractivity contribution in [1.82, 2.24) is 10.2 Å². The van der Waals surface area contributed by atoms with Gasteiger partial charge < -0.3 is 5.32 Å². The Morgan fingerprint density at radius 1 is 1.54 bits per heavy atom. The fraction of sp³-hybridized carbons (Fsp3) is 0.818. The van der Waals surface area contributed by atoms with Gasteiger partial charge >= 0.3 is 0 Å². The molecule has 0 aliphatic carbocycles. The zero-order valence-corrected chi connectivity index (χ0v) is 8.77. The summed E-state index contributed by atoms with van der Waals surface area (Å²) in [7, 11) is 0. The van der Waals surface area contributed by atoms with E-state index in [2.05, 4.69) is 29.0 Å². The number of nitrogens with one attached hydrogen (secondary N) is 1. The predicted octanol–water partition coefficient (Wildman–Crippen LogP) is 1.08. The zero-order valence-electron chi connectivity index (χ0n) is 8.77. The van der Waals surface area contributed by atoms with E-state index < -0.39 is 0 Å². The Labute approximate surface area is 81.7 Å². The maximum atomic E-state index is 3.44. The topological polar surface area (TPSA) is 15.3 Å². The smallest absolute Gasteiger partial charge is 0.0604 e. The number of nitrogens with zero attached hydrogens (tertiary/aromatic N) is 1. The van der Waals surface area contributed by atoms with Crippen LogP contribution in [0.25, 0.3) is 0 Å². The van der Waals surface area contributed by atoms with Gasteiger partial charge in [0.05, 0.1) is 6.54 Å². The largest absolute Gasteiger partial charge is 0.315 e. The monoisotopic (exact) mass is 180 g/mol. The van der Waals surface area contributed by atoms with Crippen LogP contribution in [-0.4, -0.2) is 37.1 Å². The lowest BCUT2D eigenvalue weighted by Crippen LogP contribution is -2.46. The molecule has 0 aromatic carbocycles. The Morgan fingerprint density at radius 3 is 2.92 bits per heavy atom. The summed E-state index contributed by atoms with van der Waals surface area (Å²) >= 11 is 0. The molecule has 0 bridgehead atoms. The molecular weight excluding hydrogens is 160 g/mol. The van der Waals surface area contributed by atoms with Gasteiger partial charge in [-0.2, -0.15) is 0 Å². The molecule has 0 aromatic rings. The van der Waals surface area contributed by atoms with Crippen LogP contribution in [0, 0.1) is 11.8 Å². The van der Waals surface area contributed by atoms with E-state index in [9.17, 15) is 0 Å². The first-order valence-corrected chi connectivity index (χ1v) is 5.22. The van der Waals surface area contributed by atoms with Gasteiger partial charge in [0.2, 0.25) is 0 Å². The second kappa shape index (κ2) is 6.01. The molecule has 1 aliphatic heterocycles. The Bertz CT molecular complexity index is 184. The van der Waals surface area contributed by atoms with Crippen molar-refractivity contribution in [3.8, 4) is 11.8 Å². The van der Waals surface area contributed by atoms with Crippen molar-refractivity contribution >= 4 is 0 Å². The SMILES string of the molecule is CC#CCN(CC)C1CCCNC1. The van der Waals surface area contributed by atoms with Crippen LogP contribution in [0.2, 0.25) is 0 Å².